The molecule has 0 radical (unpaired) electrons. The van der Waals surface area contributed by atoms with Crippen LogP contribution in [0.2, 0.25) is 5.15 Å². The fourth-order valence-corrected chi connectivity index (χ4v) is 2.35. The molecule has 8 heteroatoms. The van der Waals surface area contributed by atoms with Gasteiger partial charge in [-0.15, -0.1) is 0 Å². The summed E-state index contributed by atoms with van der Waals surface area (Å²) in [5, 5.41) is 10.3. The molecule has 4 nitrogen and oxygen atoms in total. The zero-order valence-electron chi connectivity index (χ0n) is 9.78. The van der Waals surface area contributed by atoms with Gasteiger partial charge in [0.15, 0.2) is 5.60 Å². The second kappa shape index (κ2) is 4.35. The molecule has 1 aliphatic rings. The number of hydrogen-bond donors (Lipinski definition) is 1. The smallest absolute Gasteiger partial charge is 0.375 e. The first-order valence-electron chi connectivity index (χ1n) is 5.34. The molecule has 1 amide bonds. The Labute approximate surface area is 111 Å². The van der Waals surface area contributed by atoms with E-state index in [1.807, 2.05) is 0 Å². The van der Waals surface area contributed by atoms with Gasteiger partial charge in [0.2, 0.25) is 0 Å². The number of likely N-dealkylation sites (tertiary alicyclic amines) is 1. The molecule has 2 heterocycles. The molecule has 0 spiro atoms. The van der Waals surface area contributed by atoms with Crippen molar-refractivity contribution in [3.05, 3.63) is 29.0 Å². The van der Waals surface area contributed by atoms with Crippen LogP contribution in [-0.2, 0) is 10.4 Å². The molecular formula is C11H10ClF3N2O2. The van der Waals surface area contributed by atoms with E-state index in [9.17, 15) is 23.1 Å². The maximum absolute atomic E-state index is 12.8. The fraction of sp³-hybridized carbons (Fsp3) is 0.455. The first-order chi connectivity index (χ1) is 8.66. The summed E-state index contributed by atoms with van der Waals surface area (Å²) >= 11 is 5.63. The quantitative estimate of drug-likeness (QED) is 0.802. The third kappa shape index (κ3) is 2.28. The van der Waals surface area contributed by atoms with Gasteiger partial charge in [-0.25, -0.2) is 4.98 Å². The van der Waals surface area contributed by atoms with Gasteiger partial charge in [0.1, 0.15) is 11.2 Å². The Morgan fingerprint density at radius 3 is 2.68 bits per heavy atom. The number of carbonyl (C=O) groups excluding carboxylic acids is 1. The Balaban J connectivity index is 2.43. The molecule has 0 aliphatic carbocycles. The van der Waals surface area contributed by atoms with Crippen LogP contribution in [0.15, 0.2) is 18.3 Å². The minimum atomic E-state index is -4.59. The molecule has 2 rings (SSSR count). The van der Waals surface area contributed by atoms with E-state index >= 15 is 0 Å². The number of pyridine rings is 1. The highest BCUT2D eigenvalue weighted by Crippen LogP contribution is 2.42. The van der Waals surface area contributed by atoms with Gasteiger partial charge < -0.3 is 10.0 Å². The monoisotopic (exact) mass is 294 g/mol. The summed E-state index contributed by atoms with van der Waals surface area (Å²) in [6.07, 6.45) is -4.12. The van der Waals surface area contributed by atoms with Crippen LogP contribution >= 0.6 is 11.6 Å². The number of amides is 1. The molecule has 1 aliphatic heterocycles. The number of carbonyl (C=O) groups is 1. The molecule has 1 N–H and O–H groups in total. The maximum Gasteiger partial charge on any atom is 0.408 e. The Hall–Kier alpha value is -1.34. The summed E-state index contributed by atoms with van der Waals surface area (Å²) in [6, 6.07) is 0.444. The average molecular weight is 295 g/mol. The minimum Gasteiger partial charge on any atom is -0.375 e. The van der Waals surface area contributed by atoms with Crippen molar-refractivity contribution in [2.24, 2.45) is 0 Å². The zero-order chi connectivity index (χ0) is 14.4. The number of halogens is 4. The van der Waals surface area contributed by atoms with E-state index in [0.717, 1.165) is 7.05 Å². The molecule has 19 heavy (non-hydrogen) atoms. The van der Waals surface area contributed by atoms with Gasteiger partial charge >= 0.3 is 6.18 Å². The number of alkyl halides is 3. The van der Waals surface area contributed by atoms with Crippen LogP contribution in [0.25, 0.3) is 0 Å². The van der Waals surface area contributed by atoms with Gasteiger partial charge in [-0.3, -0.25) is 4.79 Å². The van der Waals surface area contributed by atoms with E-state index in [1.165, 1.54) is 18.3 Å². The number of hydrogen-bond acceptors (Lipinski definition) is 3. The molecule has 2 atom stereocenters. The molecule has 1 aromatic rings. The van der Waals surface area contributed by atoms with Crippen LogP contribution in [0.1, 0.15) is 12.0 Å². The van der Waals surface area contributed by atoms with Gasteiger partial charge in [-0.1, -0.05) is 11.6 Å². The number of rotatable bonds is 1. The lowest BCUT2D eigenvalue weighted by Crippen LogP contribution is -2.41. The van der Waals surface area contributed by atoms with E-state index in [4.69, 9.17) is 11.6 Å². The summed E-state index contributed by atoms with van der Waals surface area (Å²) in [6.45, 7) is 0. The van der Waals surface area contributed by atoms with Gasteiger partial charge in [0.05, 0.1) is 0 Å². The summed E-state index contributed by atoms with van der Waals surface area (Å²) in [5.41, 5.74) is -2.21. The second-order valence-electron chi connectivity index (χ2n) is 4.41. The largest absolute Gasteiger partial charge is 0.408 e. The van der Waals surface area contributed by atoms with Gasteiger partial charge in [0.25, 0.3) is 5.91 Å². The SMILES string of the molecule is CN1C(=O)[C@@](O)(c2ccnc(Cl)c2)C[C@H]1C(F)(F)F. The highest BCUT2D eigenvalue weighted by atomic mass is 35.5. The van der Waals surface area contributed by atoms with Crippen molar-refractivity contribution in [1.82, 2.24) is 9.88 Å². The number of aromatic nitrogens is 1. The van der Waals surface area contributed by atoms with Crippen molar-refractivity contribution < 1.29 is 23.1 Å². The normalized spacial score (nSPS) is 28.0. The van der Waals surface area contributed by atoms with Crippen LogP contribution in [0, 0.1) is 0 Å². The Bertz CT molecular complexity index is 523. The molecule has 1 fully saturated rings. The van der Waals surface area contributed by atoms with Crippen molar-refractivity contribution in [3.63, 3.8) is 0 Å². The Kier molecular flexibility index (Phi) is 3.22. The molecule has 0 unspecified atom stereocenters. The van der Waals surface area contributed by atoms with Crippen LogP contribution in [0.5, 0.6) is 0 Å². The molecule has 0 bridgehead atoms. The van der Waals surface area contributed by atoms with Crippen LogP contribution in [0.3, 0.4) is 0 Å². The predicted molar refractivity (Wildman–Crippen MR) is 60.4 cm³/mol. The van der Waals surface area contributed by atoms with Gasteiger partial charge in [-0.05, 0) is 17.7 Å². The zero-order valence-corrected chi connectivity index (χ0v) is 10.5. The lowest BCUT2D eigenvalue weighted by molar-refractivity contribution is -0.177. The van der Waals surface area contributed by atoms with E-state index in [2.05, 4.69) is 4.98 Å². The molecule has 104 valence electrons. The summed E-state index contributed by atoms with van der Waals surface area (Å²) in [4.78, 5) is 16.1. The highest BCUT2D eigenvalue weighted by molar-refractivity contribution is 6.29. The lowest BCUT2D eigenvalue weighted by atomic mass is 9.91. The van der Waals surface area contributed by atoms with E-state index < -0.39 is 30.1 Å². The summed E-state index contributed by atoms with van der Waals surface area (Å²) in [5.74, 6) is -1.00. The first-order valence-corrected chi connectivity index (χ1v) is 5.72. The predicted octanol–water partition coefficient (Wildman–Crippen LogP) is 1.72. The van der Waals surface area contributed by atoms with Crippen LogP contribution < -0.4 is 0 Å². The van der Waals surface area contributed by atoms with E-state index in [0.29, 0.717) is 4.90 Å². The Morgan fingerprint density at radius 2 is 2.21 bits per heavy atom. The molecule has 0 saturated carbocycles. The van der Waals surface area contributed by atoms with Crippen molar-refractivity contribution in [1.29, 1.82) is 0 Å². The fourth-order valence-electron chi connectivity index (χ4n) is 2.17. The Morgan fingerprint density at radius 1 is 1.58 bits per heavy atom. The average Bonchev–Trinajstić information content (AvgIpc) is 2.55. The standard InChI is InChI=1S/C11H10ClF3N2O2/c1-17-7(11(13,14)15)5-10(19,9(17)18)6-2-3-16-8(12)4-6/h2-4,7,19H,5H2,1H3/t7-,10-/m0/s1. The number of likely N-dealkylation sites (N-methyl/N-ethyl adjacent to an activating group) is 1. The topological polar surface area (TPSA) is 53.4 Å². The third-order valence-corrected chi connectivity index (χ3v) is 3.42. The van der Waals surface area contributed by atoms with Crippen molar-refractivity contribution in [2.45, 2.75) is 24.2 Å². The second-order valence-corrected chi connectivity index (χ2v) is 4.79. The molecule has 1 aromatic heterocycles. The molecule has 0 aromatic carbocycles. The highest BCUT2D eigenvalue weighted by Gasteiger charge is 2.59. The van der Waals surface area contributed by atoms with Crippen LogP contribution in [-0.4, -0.2) is 40.2 Å². The van der Waals surface area contributed by atoms with Crippen molar-refractivity contribution in [3.8, 4) is 0 Å². The molecule has 1 saturated heterocycles. The van der Waals surface area contributed by atoms with Gasteiger partial charge in [-0.2, -0.15) is 13.2 Å². The van der Waals surface area contributed by atoms with Crippen molar-refractivity contribution in [2.75, 3.05) is 7.05 Å². The minimum absolute atomic E-state index is 0.00293. The molecular weight excluding hydrogens is 285 g/mol. The first kappa shape index (κ1) is 14.1. The van der Waals surface area contributed by atoms with Gasteiger partial charge in [0, 0.05) is 19.7 Å². The summed E-state index contributed by atoms with van der Waals surface area (Å²) in [7, 11) is 1.02. The number of aliphatic hydroxyl groups is 1. The third-order valence-electron chi connectivity index (χ3n) is 3.21. The van der Waals surface area contributed by atoms with E-state index in [1.54, 1.807) is 0 Å². The van der Waals surface area contributed by atoms with Crippen LogP contribution in [0.4, 0.5) is 13.2 Å². The van der Waals surface area contributed by atoms with Crippen molar-refractivity contribution >= 4 is 17.5 Å². The lowest BCUT2D eigenvalue weighted by Gasteiger charge is -2.21. The number of nitrogens with zero attached hydrogens (tertiary/aromatic N) is 2. The maximum atomic E-state index is 12.8. The van der Waals surface area contributed by atoms with E-state index in [-0.39, 0.29) is 10.7 Å². The summed E-state index contributed by atoms with van der Waals surface area (Å²) < 4.78 is 38.3.